The van der Waals surface area contributed by atoms with E-state index in [0.29, 0.717) is 12.2 Å². The zero-order valence-corrected chi connectivity index (χ0v) is 12.1. The Morgan fingerprint density at radius 1 is 1.30 bits per heavy atom. The SMILES string of the molecule is Cc1cccc(CNc2c(Cl)cc([N+](=O)[O-])cc2Cl)n1. The number of nitrogens with one attached hydrogen (secondary N) is 1. The maximum atomic E-state index is 10.7. The second kappa shape index (κ2) is 6.07. The number of nitro benzene ring substituents is 1. The second-order valence-corrected chi connectivity index (χ2v) is 4.98. The highest BCUT2D eigenvalue weighted by Crippen LogP contribution is 2.34. The van der Waals surface area contributed by atoms with E-state index in [2.05, 4.69) is 10.3 Å². The van der Waals surface area contributed by atoms with Crippen LogP contribution >= 0.6 is 23.2 Å². The molecule has 0 spiro atoms. The number of nitrogens with zero attached hydrogens (tertiary/aromatic N) is 2. The van der Waals surface area contributed by atoms with E-state index in [4.69, 9.17) is 23.2 Å². The van der Waals surface area contributed by atoms with E-state index >= 15 is 0 Å². The molecule has 0 amide bonds. The van der Waals surface area contributed by atoms with Crippen molar-refractivity contribution in [2.24, 2.45) is 0 Å². The lowest BCUT2D eigenvalue weighted by Gasteiger charge is -2.10. The third-order valence-corrected chi connectivity index (χ3v) is 3.23. The number of aromatic nitrogens is 1. The number of non-ortho nitro benzene ring substituents is 1. The molecule has 2 rings (SSSR count). The van der Waals surface area contributed by atoms with Crippen molar-refractivity contribution in [2.75, 3.05) is 5.32 Å². The minimum absolute atomic E-state index is 0.140. The first-order valence-electron chi connectivity index (χ1n) is 5.77. The first kappa shape index (κ1) is 14.6. The van der Waals surface area contributed by atoms with Gasteiger partial charge in [0.1, 0.15) is 0 Å². The first-order chi connectivity index (χ1) is 9.47. The third kappa shape index (κ3) is 3.37. The van der Waals surface area contributed by atoms with Crippen molar-refractivity contribution in [3.63, 3.8) is 0 Å². The fourth-order valence-electron chi connectivity index (χ4n) is 1.71. The number of aryl methyl sites for hydroxylation is 1. The second-order valence-electron chi connectivity index (χ2n) is 4.17. The van der Waals surface area contributed by atoms with Crippen molar-refractivity contribution in [3.05, 3.63) is 61.9 Å². The lowest BCUT2D eigenvalue weighted by Crippen LogP contribution is -2.03. The molecule has 5 nitrogen and oxygen atoms in total. The van der Waals surface area contributed by atoms with Gasteiger partial charge in [0, 0.05) is 17.8 Å². The first-order valence-corrected chi connectivity index (χ1v) is 6.53. The number of nitro groups is 1. The highest BCUT2D eigenvalue weighted by molar-refractivity contribution is 6.39. The smallest absolute Gasteiger partial charge is 0.272 e. The Labute approximate surface area is 125 Å². The van der Waals surface area contributed by atoms with Gasteiger partial charge in [0.2, 0.25) is 0 Å². The summed E-state index contributed by atoms with van der Waals surface area (Å²) >= 11 is 12.0. The van der Waals surface area contributed by atoms with Crippen LogP contribution in [0.3, 0.4) is 0 Å². The van der Waals surface area contributed by atoms with Crippen LogP contribution in [0, 0.1) is 17.0 Å². The Hall–Kier alpha value is -1.85. The molecule has 0 radical (unpaired) electrons. The van der Waals surface area contributed by atoms with Crippen molar-refractivity contribution in [1.29, 1.82) is 0 Å². The standard InChI is InChI=1S/C13H11Cl2N3O2/c1-8-3-2-4-9(17-8)7-16-13-11(14)5-10(18(19)20)6-12(13)15/h2-6,16H,7H2,1H3. The van der Waals surface area contributed by atoms with Gasteiger partial charge in [-0.1, -0.05) is 29.3 Å². The Kier molecular flexibility index (Phi) is 4.42. The van der Waals surface area contributed by atoms with Gasteiger partial charge < -0.3 is 5.32 Å². The van der Waals surface area contributed by atoms with Crippen LogP contribution in [0.1, 0.15) is 11.4 Å². The minimum Gasteiger partial charge on any atom is -0.377 e. The average Bonchev–Trinajstić information content (AvgIpc) is 2.37. The van der Waals surface area contributed by atoms with Crippen molar-refractivity contribution in [2.45, 2.75) is 13.5 Å². The summed E-state index contributed by atoms with van der Waals surface area (Å²) < 4.78 is 0. The molecule has 20 heavy (non-hydrogen) atoms. The van der Waals surface area contributed by atoms with Gasteiger partial charge in [-0.15, -0.1) is 0 Å². The number of hydrogen-bond donors (Lipinski definition) is 1. The van der Waals surface area contributed by atoms with E-state index in [1.165, 1.54) is 12.1 Å². The van der Waals surface area contributed by atoms with Crippen molar-refractivity contribution >= 4 is 34.6 Å². The zero-order valence-electron chi connectivity index (χ0n) is 10.6. The Morgan fingerprint density at radius 2 is 1.95 bits per heavy atom. The molecular weight excluding hydrogens is 301 g/mol. The topological polar surface area (TPSA) is 68.1 Å². The van der Waals surface area contributed by atoms with E-state index in [0.717, 1.165) is 11.4 Å². The Balaban J connectivity index is 2.20. The highest BCUT2D eigenvalue weighted by Gasteiger charge is 2.14. The summed E-state index contributed by atoms with van der Waals surface area (Å²) in [6, 6.07) is 8.19. The monoisotopic (exact) mass is 311 g/mol. The van der Waals surface area contributed by atoms with E-state index in [-0.39, 0.29) is 15.7 Å². The molecule has 0 unspecified atom stereocenters. The van der Waals surface area contributed by atoms with Crippen LogP contribution in [0.15, 0.2) is 30.3 Å². The van der Waals surface area contributed by atoms with Gasteiger partial charge in [-0.05, 0) is 19.1 Å². The van der Waals surface area contributed by atoms with Gasteiger partial charge >= 0.3 is 0 Å². The van der Waals surface area contributed by atoms with Crippen LogP contribution in [0.5, 0.6) is 0 Å². The zero-order chi connectivity index (χ0) is 14.7. The summed E-state index contributed by atoms with van der Waals surface area (Å²) in [6.45, 7) is 2.33. The van der Waals surface area contributed by atoms with Crippen LogP contribution in [0.25, 0.3) is 0 Å². The quantitative estimate of drug-likeness (QED) is 0.678. The van der Waals surface area contributed by atoms with Gasteiger partial charge in [-0.3, -0.25) is 15.1 Å². The Bertz CT molecular complexity index is 639. The van der Waals surface area contributed by atoms with Gasteiger partial charge in [0.25, 0.3) is 5.69 Å². The third-order valence-electron chi connectivity index (χ3n) is 2.63. The molecule has 7 heteroatoms. The highest BCUT2D eigenvalue weighted by atomic mass is 35.5. The molecule has 0 aliphatic heterocycles. The molecule has 0 aliphatic rings. The van der Waals surface area contributed by atoms with E-state index in [1.807, 2.05) is 25.1 Å². The van der Waals surface area contributed by atoms with Crippen LogP contribution < -0.4 is 5.32 Å². The van der Waals surface area contributed by atoms with Gasteiger partial charge in [0.15, 0.2) is 0 Å². The maximum Gasteiger partial charge on any atom is 0.272 e. The summed E-state index contributed by atoms with van der Waals surface area (Å²) in [5.74, 6) is 0. The van der Waals surface area contributed by atoms with Crippen molar-refractivity contribution < 1.29 is 4.92 Å². The molecule has 1 aromatic carbocycles. The number of rotatable bonds is 4. The molecule has 1 N–H and O–H groups in total. The van der Waals surface area contributed by atoms with Crippen molar-refractivity contribution in [1.82, 2.24) is 4.98 Å². The lowest BCUT2D eigenvalue weighted by molar-refractivity contribution is -0.384. The molecule has 1 aromatic heterocycles. The largest absolute Gasteiger partial charge is 0.377 e. The molecule has 0 aliphatic carbocycles. The van der Waals surface area contributed by atoms with Gasteiger partial charge in [-0.25, -0.2) is 0 Å². The van der Waals surface area contributed by atoms with E-state index < -0.39 is 4.92 Å². The number of benzene rings is 1. The molecule has 0 atom stereocenters. The molecular formula is C13H11Cl2N3O2. The lowest BCUT2D eigenvalue weighted by atomic mass is 10.2. The van der Waals surface area contributed by atoms with Crippen LogP contribution in [-0.4, -0.2) is 9.91 Å². The fraction of sp³-hybridized carbons (Fsp3) is 0.154. The molecule has 0 saturated carbocycles. The summed E-state index contributed by atoms with van der Waals surface area (Å²) in [7, 11) is 0. The molecule has 1 heterocycles. The van der Waals surface area contributed by atoms with E-state index in [1.54, 1.807) is 0 Å². The van der Waals surface area contributed by atoms with Crippen LogP contribution in [-0.2, 0) is 6.54 Å². The summed E-state index contributed by atoms with van der Waals surface area (Å²) in [5, 5.41) is 14.1. The number of hydrogen-bond acceptors (Lipinski definition) is 4. The predicted octanol–water partition coefficient (Wildman–Crippen LogP) is 4.22. The summed E-state index contributed by atoms with van der Waals surface area (Å²) in [5.41, 5.74) is 2.06. The van der Waals surface area contributed by atoms with E-state index in [9.17, 15) is 10.1 Å². The van der Waals surface area contributed by atoms with Crippen LogP contribution in [0.4, 0.5) is 11.4 Å². The van der Waals surface area contributed by atoms with Crippen molar-refractivity contribution in [3.8, 4) is 0 Å². The molecule has 0 saturated heterocycles. The normalized spacial score (nSPS) is 10.3. The molecule has 104 valence electrons. The average molecular weight is 312 g/mol. The van der Waals surface area contributed by atoms with Gasteiger partial charge in [0.05, 0.1) is 32.9 Å². The number of halogens is 2. The summed E-state index contributed by atoms with van der Waals surface area (Å²) in [6.07, 6.45) is 0. The fourth-order valence-corrected chi connectivity index (χ4v) is 2.32. The Morgan fingerprint density at radius 3 is 2.50 bits per heavy atom. The number of anilines is 1. The molecule has 0 bridgehead atoms. The number of pyridine rings is 1. The summed E-state index contributed by atoms with van der Waals surface area (Å²) in [4.78, 5) is 14.5. The molecule has 0 fully saturated rings. The van der Waals surface area contributed by atoms with Gasteiger partial charge in [-0.2, -0.15) is 0 Å². The predicted molar refractivity (Wildman–Crippen MR) is 79.4 cm³/mol. The minimum atomic E-state index is -0.538. The van der Waals surface area contributed by atoms with Crippen LogP contribution in [0.2, 0.25) is 10.0 Å². The molecule has 2 aromatic rings. The maximum absolute atomic E-state index is 10.7.